The van der Waals surface area contributed by atoms with Gasteiger partial charge in [0.15, 0.2) is 0 Å². The highest BCUT2D eigenvalue weighted by atomic mass is 16.5. The normalized spacial score (nSPS) is 10.9. The fourth-order valence-electron chi connectivity index (χ4n) is 0.862. The van der Waals surface area contributed by atoms with E-state index in [9.17, 15) is 4.79 Å². The average molecular weight is 208 g/mol. The summed E-state index contributed by atoms with van der Waals surface area (Å²) in [5, 5.41) is 12.2. The van der Waals surface area contributed by atoms with E-state index in [4.69, 9.17) is 9.84 Å². The molecule has 0 aliphatic rings. The molecule has 5 nitrogen and oxygen atoms in total. The number of methoxy groups -OCH3 is 1. The molecule has 0 atom stereocenters. The summed E-state index contributed by atoms with van der Waals surface area (Å²) in [7, 11) is 1.58. The van der Waals surface area contributed by atoms with Crippen molar-refractivity contribution in [3.63, 3.8) is 0 Å². The third kappa shape index (κ3) is 3.30. The molecule has 1 rings (SSSR count). The molecule has 80 valence electrons. The van der Waals surface area contributed by atoms with Crippen molar-refractivity contribution in [1.82, 2.24) is 0 Å². The molecule has 5 heteroatoms. The Morgan fingerprint density at radius 1 is 1.40 bits per heavy atom. The van der Waals surface area contributed by atoms with Crippen molar-refractivity contribution < 1.29 is 14.6 Å². The lowest BCUT2D eigenvalue weighted by molar-refractivity contribution is -0.129. The third-order valence-electron chi connectivity index (χ3n) is 1.75. The molecule has 0 aliphatic carbocycles. The molecule has 0 bridgehead atoms. The quantitative estimate of drug-likeness (QED) is 0.582. The number of aliphatic carboxylic acids is 1. The smallest absolute Gasteiger partial charge is 0.351 e. The van der Waals surface area contributed by atoms with Crippen molar-refractivity contribution in [2.45, 2.75) is 6.92 Å². The second kappa shape index (κ2) is 4.99. The molecule has 0 saturated carbocycles. The van der Waals surface area contributed by atoms with E-state index >= 15 is 0 Å². The molecule has 0 radical (unpaired) electrons. The summed E-state index contributed by atoms with van der Waals surface area (Å²) in [6.45, 7) is 1.42. The Balaban J connectivity index is 2.66. The van der Waals surface area contributed by atoms with Gasteiger partial charge in [0.05, 0.1) is 12.8 Å². The third-order valence-corrected chi connectivity index (χ3v) is 1.75. The van der Waals surface area contributed by atoms with E-state index in [1.165, 1.54) is 6.92 Å². The largest absolute Gasteiger partial charge is 0.497 e. The molecule has 1 aromatic rings. The van der Waals surface area contributed by atoms with Crippen LogP contribution in [0.1, 0.15) is 6.92 Å². The van der Waals surface area contributed by atoms with Crippen LogP contribution in [0, 0.1) is 0 Å². The van der Waals surface area contributed by atoms with Gasteiger partial charge in [0.2, 0.25) is 0 Å². The molecule has 0 amide bonds. The number of hydrazone groups is 1. The minimum absolute atomic E-state index is 0.00539. The summed E-state index contributed by atoms with van der Waals surface area (Å²) in [5.74, 6) is -0.310. The zero-order valence-electron chi connectivity index (χ0n) is 8.52. The number of hydrogen-bond donors (Lipinski definition) is 2. The van der Waals surface area contributed by atoms with Crippen LogP contribution in [0.2, 0.25) is 0 Å². The Morgan fingerprint density at radius 2 is 2.00 bits per heavy atom. The maximum atomic E-state index is 10.4. The Hall–Kier alpha value is -2.04. The van der Waals surface area contributed by atoms with Crippen molar-refractivity contribution in [2.75, 3.05) is 12.5 Å². The summed E-state index contributed by atoms with van der Waals surface area (Å²) in [5.41, 5.74) is 3.34. The first kappa shape index (κ1) is 11.0. The van der Waals surface area contributed by atoms with Gasteiger partial charge < -0.3 is 9.84 Å². The van der Waals surface area contributed by atoms with Crippen molar-refractivity contribution >= 4 is 17.4 Å². The molecule has 0 fully saturated rings. The standard InChI is InChI=1S/C10H12N2O3/c1-7(10(13)14)11-12-8-3-5-9(15-2)6-4-8/h3-6,12H,1-2H3,(H,13,14)/b11-7+. The van der Waals surface area contributed by atoms with Crippen molar-refractivity contribution in [1.29, 1.82) is 0 Å². The Kier molecular flexibility index (Phi) is 3.68. The SMILES string of the molecule is COc1ccc(N/N=C(\C)C(=O)O)cc1. The van der Waals surface area contributed by atoms with Crippen LogP contribution in [0.5, 0.6) is 5.75 Å². The van der Waals surface area contributed by atoms with Gasteiger partial charge in [0.25, 0.3) is 0 Å². The van der Waals surface area contributed by atoms with Gasteiger partial charge in [0, 0.05) is 0 Å². The van der Waals surface area contributed by atoms with Gasteiger partial charge in [0.1, 0.15) is 11.5 Å². The van der Waals surface area contributed by atoms with Gasteiger partial charge in [-0.05, 0) is 31.2 Å². The highest BCUT2D eigenvalue weighted by Gasteiger charge is 2.00. The molecule has 0 heterocycles. The van der Waals surface area contributed by atoms with Gasteiger partial charge in [-0.2, -0.15) is 5.10 Å². The molecule has 0 saturated heterocycles. The van der Waals surface area contributed by atoms with Crippen LogP contribution in [0.3, 0.4) is 0 Å². The molecule has 0 aliphatic heterocycles. The summed E-state index contributed by atoms with van der Waals surface area (Å²) >= 11 is 0. The molecular formula is C10H12N2O3. The van der Waals surface area contributed by atoms with Crippen LogP contribution in [-0.4, -0.2) is 23.9 Å². The van der Waals surface area contributed by atoms with Gasteiger partial charge in [-0.15, -0.1) is 0 Å². The molecule has 0 spiro atoms. The van der Waals surface area contributed by atoms with Gasteiger partial charge in [-0.25, -0.2) is 4.79 Å². The van der Waals surface area contributed by atoms with E-state index in [1.54, 1.807) is 31.4 Å². The molecule has 15 heavy (non-hydrogen) atoms. The topological polar surface area (TPSA) is 70.9 Å². The Morgan fingerprint density at radius 3 is 2.47 bits per heavy atom. The number of carboxylic acid groups (broad SMARTS) is 1. The lowest BCUT2D eigenvalue weighted by Gasteiger charge is -2.02. The fourth-order valence-corrected chi connectivity index (χ4v) is 0.862. The lowest BCUT2D eigenvalue weighted by Crippen LogP contribution is -2.10. The van der Waals surface area contributed by atoms with Crippen LogP contribution in [0.15, 0.2) is 29.4 Å². The zero-order chi connectivity index (χ0) is 11.3. The number of carboxylic acids is 1. The number of hydrogen-bond acceptors (Lipinski definition) is 4. The summed E-state index contributed by atoms with van der Waals surface area (Å²) in [6.07, 6.45) is 0. The maximum Gasteiger partial charge on any atom is 0.351 e. The Labute approximate surface area is 87.4 Å². The molecular weight excluding hydrogens is 196 g/mol. The van der Waals surface area contributed by atoms with E-state index in [-0.39, 0.29) is 5.71 Å². The van der Waals surface area contributed by atoms with Crippen molar-refractivity contribution in [3.8, 4) is 5.75 Å². The summed E-state index contributed by atoms with van der Waals surface area (Å²) < 4.78 is 4.98. The molecule has 1 aromatic carbocycles. The van der Waals surface area contributed by atoms with Gasteiger partial charge >= 0.3 is 5.97 Å². The van der Waals surface area contributed by atoms with Crippen LogP contribution < -0.4 is 10.2 Å². The highest BCUT2D eigenvalue weighted by molar-refractivity contribution is 6.34. The second-order valence-corrected chi connectivity index (χ2v) is 2.84. The number of ether oxygens (including phenoxy) is 1. The molecule has 0 aromatic heterocycles. The number of carbonyl (C=O) groups is 1. The fraction of sp³-hybridized carbons (Fsp3) is 0.200. The zero-order valence-corrected chi connectivity index (χ0v) is 8.52. The van der Waals surface area contributed by atoms with Crippen LogP contribution in [0.25, 0.3) is 0 Å². The van der Waals surface area contributed by atoms with Crippen LogP contribution in [0.4, 0.5) is 5.69 Å². The van der Waals surface area contributed by atoms with E-state index < -0.39 is 5.97 Å². The lowest BCUT2D eigenvalue weighted by atomic mass is 10.3. The minimum atomic E-state index is -1.05. The maximum absolute atomic E-state index is 10.4. The van der Waals surface area contributed by atoms with E-state index in [2.05, 4.69) is 10.5 Å². The first-order valence-corrected chi connectivity index (χ1v) is 4.31. The van der Waals surface area contributed by atoms with Gasteiger partial charge in [-0.3, -0.25) is 5.43 Å². The number of nitrogens with zero attached hydrogens (tertiary/aromatic N) is 1. The first-order valence-electron chi connectivity index (χ1n) is 4.31. The number of nitrogens with one attached hydrogen (secondary N) is 1. The number of rotatable bonds is 4. The van der Waals surface area contributed by atoms with Crippen LogP contribution >= 0.6 is 0 Å². The Bertz CT molecular complexity index is 371. The van der Waals surface area contributed by atoms with E-state index in [0.29, 0.717) is 5.69 Å². The molecule has 2 N–H and O–H groups in total. The number of benzene rings is 1. The molecule has 0 unspecified atom stereocenters. The highest BCUT2D eigenvalue weighted by Crippen LogP contribution is 2.14. The van der Waals surface area contributed by atoms with Crippen LogP contribution in [-0.2, 0) is 4.79 Å². The predicted octanol–water partition coefficient (Wildman–Crippen LogP) is 1.57. The second-order valence-electron chi connectivity index (χ2n) is 2.84. The van der Waals surface area contributed by atoms with E-state index in [0.717, 1.165) is 5.75 Å². The summed E-state index contributed by atoms with van der Waals surface area (Å²) in [6, 6.07) is 7.01. The first-order chi connectivity index (χ1) is 7.13. The van der Waals surface area contributed by atoms with Crippen molar-refractivity contribution in [3.05, 3.63) is 24.3 Å². The minimum Gasteiger partial charge on any atom is -0.497 e. The average Bonchev–Trinajstić information content (AvgIpc) is 2.26. The van der Waals surface area contributed by atoms with Gasteiger partial charge in [-0.1, -0.05) is 0 Å². The predicted molar refractivity (Wildman–Crippen MR) is 57.4 cm³/mol. The summed E-state index contributed by atoms with van der Waals surface area (Å²) in [4.78, 5) is 10.4. The number of anilines is 1. The monoisotopic (exact) mass is 208 g/mol. The van der Waals surface area contributed by atoms with E-state index in [1.807, 2.05) is 0 Å². The van der Waals surface area contributed by atoms with Crippen molar-refractivity contribution in [2.24, 2.45) is 5.10 Å².